The molecule has 0 bridgehead atoms. The van der Waals surface area contributed by atoms with Gasteiger partial charge in [0.05, 0.1) is 6.04 Å². The van der Waals surface area contributed by atoms with Gasteiger partial charge in [-0.3, -0.25) is 19.4 Å². The first-order chi connectivity index (χ1) is 17.2. The molecule has 13 nitrogen and oxygen atoms in total. The van der Waals surface area contributed by atoms with Crippen LogP contribution < -0.4 is 38.5 Å². The first kappa shape index (κ1) is 31.4. The fourth-order valence-corrected chi connectivity index (χ4v) is 4.22. The van der Waals surface area contributed by atoms with Gasteiger partial charge in [0.25, 0.3) is 0 Å². The number of carbonyl (C=O) groups excluding carboxylic acids is 3. The largest absolute Gasteiger partial charge is 0.480 e. The summed E-state index contributed by atoms with van der Waals surface area (Å²) in [6.07, 6.45) is 5.91. The van der Waals surface area contributed by atoms with Gasteiger partial charge in [0.15, 0.2) is 5.96 Å². The van der Waals surface area contributed by atoms with Crippen LogP contribution in [-0.4, -0.2) is 90.6 Å². The molecule has 1 heterocycles. The Morgan fingerprint density at radius 1 is 1.00 bits per heavy atom. The van der Waals surface area contributed by atoms with Crippen LogP contribution in [0, 0.1) is 0 Å². The minimum atomic E-state index is -1.20. The number of carbonyl (C=O) groups is 4. The normalized spacial score (nSPS) is 17.4. The molecule has 1 fully saturated rings. The summed E-state index contributed by atoms with van der Waals surface area (Å²) in [5.41, 5.74) is 16.1. The smallest absolute Gasteiger partial charge is 0.326 e. The number of aliphatic carboxylic acids is 1. The van der Waals surface area contributed by atoms with Crippen molar-refractivity contribution >= 4 is 41.4 Å². The Morgan fingerprint density at radius 3 is 2.19 bits per heavy atom. The molecule has 0 spiro atoms. The number of carboxylic acids is 1. The first-order valence-electron chi connectivity index (χ1n) is 12.3. The minimum absolute atomic E-state index is 0.0948. The van der Waals surface area contributed by atoms with Crippen molar-refractivity contribution in [3.63, 3.8) is 0 Å². The van der Waals surface area contributed by atoms with Crippen LogP contribution in [0.3, 0.4) is 0 Å². The first-order valence-corrected chi connectivity index (χ1v) is 13.7. The van der Waals surface area contributed by atoms with E-state index in [0.717, 1.165) is 13.0 Å². The van der Waals surface area contributed by atoms with Gasteiger partial charge in [0.1, 0.15) is 18.1 Å². The number of amides is 3. The lowest BCUT2D eigenvalue weighted by Gasteiger charge is -2.25. The molecule has 0 radical (unpaired) electrons. The highest BCUT2D eigenvalue weighted by molar-refractivity contribution is 7.98. The van der Waals surface area contributed by atoms with Crippen molar-refractivity contribution in [2.24, 2.45) is 22.2 Å². The van der Waals surface area contributed by atoms with Crippen LogP contribution in [0.2, 0.25) is 0 Å². The van der Waals surface area contributed by atoms with Crippen molar-refractivity contribution in [2.45, 2.75) is 75.5 Å². The zero-order valence-electron chi connectivity index (χ0n) is 21.0. The van der Waals surface area contributed by atoms with E-state index >= 15 is 0 Å². The van der Waals surface area contributed by atoms with E-state index in [2.05, 4.69) is 26.3 Å². The molecule has 0 saturated carbocycles. The molecule has 0 aromatic heterocycles. The van der Waals surface area contributed by atoms with Crippen LogP contribution in [0.4, 0.5) is 0 Å². The van der Waals surface area contributed by atoms with E-state index < -0.39 is 35.9 Å². The zero-order chi connectivity index (χ0) is 26.9. The third-order valence-corrected chi connectivity index (χ3v) is 6.40. The van der Waals surface area contributed by atoms with Crippen LogP contribution >= 0.6 is 11.8 Å². The molecule has 0 aliphatic carbocycles. The van der Waals surface area contributed by atoms with Crippen LogP contribution in [-0.2, 0) is 19.2 Å². The highest BCUT2D eigenvalue weighted by Crippen LogP contribution is 2.09. The van der Waals surface area contributed by atoms with Crippen LogP contribution in [0.15, 0.2) is 4.99 Å². The Bertz CT molecular complexity index is 744. The number of thioether (sulfide) groups is 1. The van der Waals surface area contributed by atoms with Gasteiger partial charge in [-0.1, -0.05) is 0 Å². The summed E-state index contributed by atoms with van der Waals surface area (Å²) in [5, 5.41) is 20.7. The number of nitrogens with two attached hydrogens (primary N) is 3. The maximum atomic E-state index is 13.1. The zero-order valence-corrected chi connectivity index (χ0v) is 21.8. The van der Waals surface area contributed by atoms with Crippen LogP contribution in [0.25, 0.3) is 0 Å². The molecule has 36 heavy (non-hydrogen) atoms. The summed E-state index contributed by atoms with van der Waals surface area (Å²) in [4.78, 5) is 54.2. The predicted octanol–water partition coefficient (Wildman–Crippen LogP) is -1.79. The number of nitrogens with one attached hydrogen (secondary N) is 4. The van der Waals surface area contributed by atoms with Crippen molar-refractivity contribution < 1.29 is 24.3 Å². The molecule has 3 amide bonds. The minimum Gasteiger partial charge on any atom is -0.480 e. The number of hydrogen-bond acceptors (Lipinski definition) is 8. The number of rotatable bonds is 18. The summed E-state index contributed by atoms with van der Waals surface area (Å²) in [7, 11) is 0. The Kier molecular flexibility index (Phi) is 15.5. The standard InChI is InChI=1S/C22H42N8O5S/c1-36-13-9-16(20(33)30-17(21(34)35)8-5-12-27-22(24)25)29-19(32)15(6-2-3-10-23)28-18(31)14-7-4-11-26-14/h14-17,26H,2-13,23H2,1H3,(H,28,31)(H,29,32)(H,30,33)(H,34,35)(H4,24,25,27). The van der Waals surface area contributed by atoms with E-state index in [-0.39, 0.29) is 30.9 Å². The molecule has 0 aromatic carbocycles. The maximum absolute atomic E-state index is 13.1. The second-order valence-electron chi connectivity index (χ2n) is 8.69. The summed E-state index contributed by atoms with van der Waals surface area (Å²) < 4.78 is 0. The average molecular weight is 531 g/mol. The summed E-state index contributed by atoms with van der Waals surface area (Å²) in [6, 6.07) is -3.29. The highest BCUT2D eigenvalue weighted by atomic mass is 32.2. The van der Waals surface area contributed by atoms with Crippen molar-refractivity contribution in [1.82, 2.24) is 21.3 Å². The number of unbranched alkanes of at least 4 members (excludes halogenated alkanes) is 1. The van der Waals surface area contributed by atoms with Crippen molar-refractivity contribution in [1.29, 1.82) is 0 Å². The van der Waals surface area contributed by atoms with Crippen molar-refractivity contribution in [2.75, 3.05) is 31.6 Å². The number of carboxylic acid groups (broad SMARTS) is 1. The van der Waals surface area contributed by atoms with Gasteiger partial charge in [0, 0.05) is 6.54 Å². The second kappa shape index (κ2) is 17.8. The van der Waals surface area contributed by atoms with Crippen molar-refractivity contribution in [3.8, 4) is 0 Å². The average Bonchev–Trinajstić information content (AvgIpc) is 3.37. The lowest BCUT2D eigenvalue weighted by Crippen LogP contribution is -2.57. The van der Waals surface area contributed by atoms with Crippen molar-refractivity contribution in [3.05, 3.63) is 0 Å². The number of aliphatic imine (C=N–C) groups is 1. The Balaban J connectivity index is 2.85. The van der Waals surface area contributed by atoms with Gasteiger partial charge in [-0.05, 0) is 76.5 Å². The van der Waals surface area contributed by atoms with Gasteiger partial charge in [-0.25, -0.2) is 4.79 Å². The van der Waals surface area contributed by atoms with Crippen LogP contribution in [0.5, 0.6) is 0 Å². The molecule has 1 rings (SSSR count). The van der Waals surface area contributed by atoms with Gasteiger partial charge < -0.3 is 43.6 Å². The van der Waals surface area contributed by atoms with E-state index in [1.165, 1.54) is 11.8 Å². The van der Waals surface area contributed by atoms with E-state index in [9.17, 15) is 24.3 Å². The molecule has 14 heteroatoms. The molecule has 1 aliphatic heterocycles. The number of guanidine groups is 1. The number of nitrogens with zero attached hydrogens (tertiary/aromatic N) is 1. The topological polar surface area (TPSA) is 227 Å². The summed E-state index contributed by atoms with van der Waals surface area (Å²) >= 11 is 1.49. The monoisotopic (exact) mass is 530 g/mol. The lowest BCUT2D eigenvalue weighted by molar-refractivity contribution is -0.142. The van der Waals surface area contributed by atoms with Gasteiger partial charge >= 0.3 is 5.97 Å². The quantitative estimate of drug-likeness (QED) is 0.0564. The van der Waals surface area contributed by atoms with Gasteiger partial charge in [0.2, 0.25) is 17.7 Å². The lowest BCUT2D eigenvalue weighted by atomic mass is 10.1. The molecule has 0 aromatic rings. The molecular formula is C22H42N8O5S. The van der Waals surface area contributed by atoms with E-state index in [0.29, 0.717) is 50.8 Å². The fraction of sp³-hybridized carbons (Fsp3) is 0.773. The third kappa shape index (κ3) is 12.4. The van der Waals surface area contributed by atoms with E-state index in [1.807, 2.05) is 6.26 Å². The SMILES string of the molecule is CSCCC(NC(=O)C(CCCCN)NC(=O)C1CCCN1)C(=O)NC(CCCN=C(N)N)C(=O)O. The molecule has 11 N–H and O–H groups in total. The molecule has 4 atom stereocenters. The third-order valence-electron chi connectivity index (χ3n) is 5.76. The Labute approximate surface area is 216 Å². The summed E-state index contributed by atoms with van der Waals surface area (Å²) in [5.74, 6) is -2.06. The molecule has 206 valence electrons. The Morgan fingerprint density at radius 2 is 1.64 bits per heavy atom. The Hall–Kier alpha value is -2.58. The molecular weight excluding hydrogens is 488 g/mol. The molecule has 4 unspecified atom stereocenters. The second-order valence-corrected chi connectivity index (χ2v) is 9.67. The van der Waals surface area contributed by atoms with Crippen LogP contribution in [0.1, 0.15) is 51.4 Å². The fourth-order valence-electron chi connectivity index (χ4n) is 3.75. The maximum Gasteiger partial charge on any atom is 0.326 e. The predicted molar refractivity (Wildman–Crippen MR) is 140 cm³/mol. The van der Waals surface area contributed by atoms with Gasteiger partial charge in [-0.2, -0.15) is 11.8 Å². The summed E-state index contributed by atoms with van der Waals surface area (Å²) in [6.45, 7) is 1.44. The van der Waals surface area contributed by atoms with E-state index in [1.54, 1.807) is 0 Å². The highest BCUT2D eigenvalue weighted by Gasteiger charge is 2.31. The molecule has 1 saturated heterocycles. The number of hydrogen-bond donors (Lipinski definition) is 8. The van der Waals surface area contributed by atoms with E-state index in [4.69, 9.17) is 17.2 Å². The van der Waals surface area contributed by atoms with Gasteiger partial charge in [-0.15, -0.1) is 0 Å². The molecule has 1 aliphatic rings.